The van der Waals surface area contributed by atoms with Crippen LogP contribution in [0.2, 0.25) is 0 Å². The van der Waals surface area contributed by atoms with Gasteiger partial charge in [-0.15, -0.1) is 0 Å². The van der Waals surface area contributed by atoms with E-state index in [1.54, 1.807) is 20.2 Å². The molecule has 1 saturated carbocycles. The monoisotopic (exact) mass is 484 g/mol. The van der Waals surface area contributed by atoms with Gasteiger partial charge in [0.25, 0.3) is 16.8 Å². The van der Waals surface area contributed by atoms with Crippen LogP contribution in [0.25, 0.3) is 0 Å². The van der Waals surface area contributed by atoms with Crippen LogP contribution >= 0.6 is 0 Å². The third-order valence-corrected chi connectivity index (χ3v) is 6.82. The molecule has 2 aromatic carbocycles. The van der Waals surface area contributed by atoms with E-state index < -0.39 is 22.8 Å². The molecule has 35 heavy (non-hydrogen) atoms. The largest absolute Gasteiger partial charge is 0.505 e. The lowest BCUT2D eigenvalue weighted by molar-refractivity contribution is -0.123. The quantitative estimate of drug-likeness (QED) is 0.318. The van der Waals surface area contributed by atoms with Gasteiger partial charge in [0.15, 0.2) is 5.75 Å². The maximum absolute atomic E-state index is 13.1. The van der Waals surface area contributed by atoms with Crippen LogP contribution in [0.3, 0.4) is 0 Å². The number of aromatic hydroxyl groups is 1. The molecule has 2 aromatic rings. The van der Waals surface area contributed by atoms with E-state index in [1.165, 1.54) is 36.3 Å². The zero-order chi connectivity index (χ0) is 25.9. The summed E-state index contributed by atoms with van der Waals surface area (Å²) < 4.78 is 0. The van der Waals surface area contributed by atoms with Crippen molar-refractivity contribution in [3.63, 3.8) is 0 Å². The van der Waals surface area contributed by atoms with Gasteiger partial charge in [-0.3, -0.25) is 19.2 Å². The predicted octanol–water partition coefficient (Wildman–Crippen LogP) is 2.96. The first-order chi connectivity index (χ1) is 16.5. The number of rotatable bonds is 9. The molecule has 2 amide bonds. The first-order valence-corrected chi connectivity index (χ1v) is 12.2. The number of nitrogens with one attached hydrogen (secondary N) is 3. The number of anilines is 3. The van der Waals surface area contributed by atoms with Gasteiger partial charge in [-0.05, 0) is 43.7 Å². The van der Waals surface area contributed by atoms with E-state index in [4.69, 9.17) is 0 Å². The van der Waals surface area contributed by atoms with Crippen molar-refractivity contribution >= 4 is 28.9 Å². The minimum absolute atomic E-state index is 0.00194. The second-order valence-corrected chi connectivity index (χ2v) is 10.00. The van der Waals surface area contributed by atoms with Gasteiger partial charge in [-0.2, -0.15) is 0 Å². The van der Waals surface area contributed by atoms with Gasteiger partial charge in [0.2, 0.25) is 5.91 Å². The Morgan fingerprint density at radius 2 is 1.63 bits per heavy atom. The summed E-state index contributed by atoms with van der Waals surface area (Å²) in [6, 6.07) is 3.83. The van der Waals surface area contributed by atoms with Crippen LogP contribution < -0.4 is 26.8 Å². The van der Waals surface area contributed by atoms with Crippen molar-refractivity contribution in [3.05, 3.63) is 44.2 Å². The lowest BCUT2D eigenvalue weighted by Crippen LogP contribution is -2.50. The van der Waals surface area contributed by atoms with E-state index in [2.05, 4.69) is 16.0 Å². The average Bonchev–Trinajstić information content (AvgIpc) is 2.83. The Labute approximate surface area is 205 Å². The van der Waals surface area contributed by atoms with Gasteiger partial charge in [0.1, 0.15) is 17.4 Å². The highest BCUT2D eigenvalue weighted by molar-refractivity contribution is 5.99. The zero-order valence-corrected chi connectivity index (χ0v) is 21.1. The Bertz CT molecular complexity index is 1140. The molecule has 0 spiro atoms. The van der Waals surface area contributed by atoms with E-state index in [9.17, 15) is 24.3 Å². The molecule has 0 saturated heterocycles. The molecule has 0 aromatic heterocycles. The van der Waals surface area contributed by atoms with Crippen LogP contribution in [0, 0.1) is 11.8 Å². The van der Waals surface area contributed by atoms with E-state index in [-0.39, 0.29) is 46.2 Å². The molecule has 0 unspecified atom stereocenters. The van der Waals surface area contributed by atoms with Gasteiger partial charge in [0, 0.05) is 20.1 Å². The number of phenols is 1. The van der Waals surface area contributed by atoms with E-state index in [0.29, 0.717) is 5.92 Å². The first-order valence-electron chi connectivity index (χ1n) is 12.2. The molecule has 4 N–H and O–H groups in total. The summed E-state index contributed by atoms with van der Waals surface area (Å²) in [6.45, 7) is 5.74. The summed E-state index contributed by atoms with van der Waals surface area (Å²) in [4.78, 5) is 51.5. The van der Waals surface area contributed by atoms with Crippen molar-refractivity contribution in [1.29, 1.82) is 0 Å². The fraction of sp³-hybridized carbons (Fsp3) is 0.538. The highest BCUT2D eigenvalue weighted by atomic mass is 16.3. The van der Waals surface area contributed by atoms with Crippen molar-refractivity contribution in [3.8, 4) is 5.75 Å². The molecule has 0 aliphatic heterocycles. The number of para-hydroxylation sites is 1. The molecule has 9 heteroatoms. The van der Waals surface area contributed by atoms with Crippen LogP contribution in [-0.2, 0) is 4.79 Å². The minimum atomic E-state index is -0.755. The van der Waals surface area contributed by atoms with Crippen LogP contribution in [0.1, 0.15) is 63.2 Å². The maximum Gasteiger partial charge on any atom is 0.257 e. The third kappa shape index (κ3) is 5.66. The highest BCUT2D eigenvalue weighted by Crippen LogP contribution is 2.32. The molecule has 3 rings (SSSR count). The fourth-order valence-corrected chi connectivity index (χ4v) is 4.60. The summed E-state index contributed by atoms with van der Waals surface area (Å²) in [7, 11) is 3.12. The number of phenolic OH excluding ortho intramolecular Hbond substituents is 1. The topological polar surface area (TPSA) is 128 Å². The number of carbonyl (C=O) groups excluding carboxylic acids is 2. The molecule has 1 aliphatic carbocycles. The summed E-state index contributed by atoms with van der Waals surface area (Å²) in [5, 5.41) is 19.4. The normalized spacial score (nSPS) is 16.1. The van der Waals surface area contributed by atoms with Crippen molar-refractivity contribution in [1.82, 2.24) is 10.2 Å². The van der Waals surface area contributed by atoms with Crippen molar-refractivity contribution in [2.75, 3.05) is 24.7 Å². The molecule has 1 aliphatic rings. The maximum atomic E-state index is 13.1. The number of hydrogen-bond donors (Lipinski definition) is 4. The molecule has 0 radical (unpaired) electrons. The SMILES string of the molecule is CC(C)[C@@H](Nc1c(Nc2cccc(C(=O)N(C)C)c2O)c(=O)c1=O)C(=O)N[C@@H](C)C1CCCCC1. The molecule has 1 fully saturated rings. The molecule has 190 valence electrons. The van der Waals surface area contributed by atoms with Crippen LogP contribution in [0.15, 0.2) is 27.8 Å². The summed E-state index contributed by atoms with van der Waals surface area (Å²) in [5.41, 5.74) is -1.36. The van der Waals surface area contributed by atoms with Crippen LogP contribution in [0.4, 0.5) is 17.1 Å². The highest BCUT2D eigenvalue weighted by Gasteiger charge is 2.31. The summed E-state index contributed by atoms with van der Waals surface area (Å²) in [5.74, 6) is -0.675. The molecule has 9 nitrogen and oxygen atoms in total. The second-order valence-electron chi connectivity index (χ2n) is 10.00. The van der Waals surface area contributed by atoms with Gasteiger partial charge in [-0.25, -0.2) is 0 Å². The molecule has 0 bridgehead atoms. The zero-order valence-electron chi connectivity index (χ0n) is 21.1. The predicted molar refractivity (Wildman–Crippen MR) is 137 cm³/mol. The Kier molecular flexibility index (Phi) is 8.19. The van der Waals surface area contributed by atoms with E-state index >= 15 is 0 Å². The third-order valence-electron chi connectivity index (χ3n) is 6.82. The Morgan fingerprint density at radius 3 is 2.23 bits per heavy atom. The van der Waals surface area contributed by atoms with Gasteiger partial charge >= 0.3 is 0 Å². The molecular formula is C26H36N4O5. The van der Waals surface area contributed by atoms with Gasteiger partial charge in [0.05, 0.1) is 11.3 Å². The number of benzene rings is 1. The van der Waals surface area contributed by atoms with Crippen molar-refractivity contribution < 1.29 is 14.7 Å². The lowest BCUT2D eigenvalue weighted by atomic mass is 9.84. The smallest absolute Gasteiger partial charge is 0.257 e. The van der Waals surface area contributed by atoms with E-state index in [0.717, 1.165) is 12.8 Å². The Morgan fingerprint density at radius 1 is 1.00 bits per heavy atom. The van der Waals surface area contributed by atoms with Crippen LogP contribution in [0.5, 0.6) is 5.75 Å². The van der Waals surface area contributed by atoms with Gasteiger partial charge in [-0.1, -0.05) is 39.2 Å². The molecular weight excluding hydrogens is 448 g/mol. The second kappa shape index (κ2) is 10.9. The molecule has 2 atom stereocenters. The number of carbonyl (C=O) groups is 2. The fourth-order valence-electron chi connectivity index (χ4n) is 4.60. The minimum Gasteiger partial charge on any atom is -0.505 e. The summed E-state index contributed by atoms with van der Waals surface area (Å²) in [6.07, 6.45) is 5.75. The van der Waals surface area contributed by atoms with Crippen LogP contribution in [-0.4, -0.2) is 48.0 Å². The number of hydrogen-bond acceptors (Lipinski definition) is 7. The Hall–Kier alpha value is -3.36. The van der Waals surface area contributed by atoms with E-state index in [1.807, 2.05) is 20.8 Å². The molecule has 0 heterocycles. The first kappa shape index (κ1) is 26.2. The number of nitrogens with zero attached hydrogens (tertiary/aromatic N) is 1. The number of amides is 2. The van der Waals surface area contributed by atoms with Gasteiger partial charge < -0.3 is 26.0 Å². The standard InChI is InChI=1S/C26H36N4O5/c1-14(2)19(25(34)27-15(3)16-10-7-6-8-11-16)29-21-20(23(32)24(21)33)28-18-13-9-12-17(22(18)31)26(35)30(4)5/h9,12-16,19,28-29,31H,6-8,10-11H2,1-5H3,(H,27,34)/t15-,19+/m0/s1. The van der Waals surface area contributed by atoms with Crippen molar-refractivity contribution in [2.45, 2.75) is 65.0 Å². The Balaban J connectivity index is 1.79. The summed E-state index contributed by atoms with van der Waals surface area (Å²) >= 11 is 0. The lowest BCUT2D eigenvalue weighted by Gasteiger charge is -2.31. The average molecular weight is 485 g/mol. The van der Waals surface area contributed by atoms with Crippen molar-refractivity contribution in [2.24, 2.45) is 11.8 Å².